The van der Waals surface area contributed by atoms with Crippen molar-refractivity contribution in [1.29, 1.82) is 0 Å². The van der Waals surface area contributed by atoms with E-state index in [0.29, 0.717) is 11.8 Å². The number of rotatable bonds is 8. The van der Waals surface area contributed by atoms with Crippen LogP contribution in [0.15, 0.2) is 288 Å². The van der Waals surface area contributed by atoms with Crippen LogP contribution in [0.25, 0.3) is 66.8 Å². The Balaban J connectivity index is 0.000000173. The molecule has 0 aromatic heterocycles. The molecule has 12 aromatic rings. The SMILES string of the molecule is CC(C)(C)c1cc2c([c-]c1-c1ccccc1)Cc1cc(-c3ccccc3)c(C(C)(C)C)cc1-2.CC(C)(C)c1cc2c([c-]c1-c1ccccc1)Cc1cc(-c3ccccc3)c(C(C)(C)C)cc1-2.CC1=[C-]C(C)C(C)=C1C.CC1=[C-]C(C)C(C)=C1C.Cc1ccc([C](=[Zr+2])c2ccc(C)cc2)cc1.Cc1ccc([C](=[Zr+2])c2ccc(C)cc2)cc1.[Cl-].[Cl-]. The van der Waals surface area contributed by atoms with Crippen LogP contribution in [0.3, 0.4) is 0 Å². The van der Waals surface area contributed by atoms with Crippen molar-refractivity contribution in [1.82, 2.24) is 0 Å². The summed E-state index contributed by atoms with van der Waals surface area (Å²) in [5.41, 5.74) is 46.1. The first-order valence-electron chi connectivity index (χ1n) is 41.6. The van der Waals surface area contributed by atoms with Gasteiger partial charge >= 0.3 is 224 Å². The average Bonchev–Trinajstić information content (AvgIpc) is 1.58. The second-order valence-electron chi connectivity index (χ2n) is 36.6. The Morgan fingerprint density at radius 3 is 0.737 bits per heavy atom. The Hall–Kier alpha value is -8.31. The van der Waals surface area contributed by atoms with Crippen molar-refractivity contribution < 1.29 is 73.3 Å². The van der Waals surface area contributed by atoms with E-state index in [-0.39, 0.29) is 46.5 Å². The fraction of sp³-hybridized carbons (Fsp3) is 0.281. The maximum atomic E-state index is 3.88. The molecule has 0 spiro atoms. The summed E-state index contributed by atoms with van der Waals surface area (Å²) in [4.78, 5) is 0. The van der Waals surface area contributed by atoms with Crippen molar-refractivity contribution in [2.45, 2.75) is 201 Å². The molecule has 118 heavy (non-hydrogen) atoms. The second-order valence-corrected chi connectivity index (χ2v) is 39.1. The molecule has 2 atom stereocenters. The summed E-state index contributed by atoms with van der Waals surface area (Å²) in [5.74, 6) is 1.12. The minimum atomic E-state index is 0. The number of halogens is 2. The summed E-state index contributed by atoms with van der Waals surface area (Å²) in [5, 5.41) is 0. The molecule has 0 fully saturated rings. The van der Waals surface area contributed by atoms with E-state index in [1.54, 1.807) is 0 Å². The van der Waals surface area contributed by atoms with Crippen LogP contribution in [-0.2, 0) is 83.0 Å². The van der Waals surface area contributed by atoms with Gasteiger partial charge in [-0.3, -0.25) is 12.2 Å². The molecule has 0 heterocycles. The van der Waals surface area contributed by atoms with Gasteiger partial charge in [0, 0.05) is 0 Å². The van der Waals surface area contributed by atoms with Gasteiger partial charge in [0.25, 0.3) is 0 Å². The molecule has 0 amide bonds. The normalized spacial score (nSPS) is 14.2. The summed E-state index contributed by atoms with van der Waals surface area (Å²) in [7, 11) is 0. The van der Waals surface area contributed by atoms with Crippen LogP contribution in [0.2, 0.25) is 0 Å². The quantitative estimate of drug-likeness (QED) is 0.133. The zero-order chi connectivity index (χ0) is 83.9. The van der Waals surface area contributed by atoms with E-state index in [1.165, 1.54) is 244 Å². The Kier molecular flexibility index (Phi) is 31.6. The number of fused-ring (bicyclic) bond motifs is 6. The molecule has 16 rings (SSSR count). The third kappa shape index (κ3) is 22.8. The standard InChI is InChI=1S/2C33H33.2C15H14.2C9H13.2ClH.2Zr/c2*1-32(2,3)30-20-26-24(18-28(30)22-13-9-7-10-14-22)17-25-19-29(23-15-11-8-12-16-23)31(21-27(25)26)33(4,5)6;2*1-12-3-7-14(8-4-12)11-15-9-5-13(2)6-10-15;2*1-6-5-7(2)9(4)8(6)3;;;;/h2*7-16,18,20-21H,17H2,1-6H3;2*3-10H,1-2H3;2*6H,1-4H3;2*1H;;/q2*-1;;;2*-1;;;2*+2/p-2. The molecule has 2 unspecified atom stereocenters. The maximum Gasteiger partial charge on any atom is -1.00 e. The minimum absolute atomic E-state index is 0. The molecule has 0 nitrogen and oxygen atoms in total. The van der Waals surface area contributed by atoms with Gasteiger partial charge in [-0.2, -0.15) is 22.3 Å². The van der Waals surface area contributed by atoms with E-state index in [1.807, 2.05) is 0 Å². The first-order chi connectivity index (χ1) is 54.8. The largest absolute Gasteiger partial charge is 1.00 e. The molecule has 4 heteroatoms. The van der Waals surface area contributed by atoms with E-state index in [2.05, 4.69) is 445 Å². The zero-order valence-electron chi connectivity index (χ0n) is 74.6. The number of hydrogen-bond acceptors (Lipinski definition) is 0. The molecule has 12 aromatic carbocycles. The van der Waals surface area contributed by atoms with Crippen LogP contribution >= 0.6 is 0 Å². The first kappa shape index (κ1) is 93.6. The predicted octanol–water partition coefficient (Wildman–Crippen LogP) is 24.3. The van der Waals surface area contributed by atoms with Gasteiger partial charge in [0.15, 0.2) is 0 Å². The third-order valence-electron chi connectivity index (χ3n) is 23.5. The average molecular weight is 1740 g/mol. The fourth-order valence-electron chi connectivity index (χ4n) is 15.7. The number of hydrogen-bond donors (Lipinski definition) is 0. The Labute approximate surface area is 753 Å². The van der Waals surface area contributed by atoms with Crippen LogP contribution in [0.4, 0.5) is 0 Å². The van der Waals surface area contributed by atoms with Crippen molar-refractivity contribution in [3.63, 3.8) is 0 Å². The van der Waals surface area contributed by atoms with E-state index in [4.69, 9.17) is 0 Å². The number of benzene rings is 12. The van der Waals surface area contributed by atoms with Crippen LogP contribution in [0, 0.1) is 63.8 Å². The van der Waals surface area contributed by atoms with Crippen LogP contribution in [-0.4, -0.2) is 6.41 Å². The molecule has 0 saturated carbocycles. The molecule has 600 valence electrons. The van der Waals surface area contributed by atoms with Crippen LogP contribution in [0.5, 0.6) is 0 Å². The minimum Gasteiger partial charge on any atom is -1.00 e. The van der Waals surface area contributed by atoms with Gasteiger partial charge in [0.05, 0.1) is 0 Å². The number of aryl methyl sites for hydroxylation is 4. The van der Waals surface area contributed by atoms with Gasteiger partial charge in [0.1, 0.15) is 0 Å². The third-order valence-corrected chi connectivity index (χ3v) is 26.3. The predicted molar refractivity (Wildman–Crippen MR) is 495 cm³/mol. The fourth-order valence-corrected chi connectivity index (χ4v) is 17.4. The summed E-state index contributed by atoms with van der Waals surface area (Å²) < 4.78 is 2.85. The Morgan fingerprint density at radius 2 is 0.525 bits per heavy atom. The van der Waals surface area contributed by atoms with Crippen molar-refractivity contribution >= 4 is 6.41 Å². The molecule has 4 aliphatic rings. The smallest absolute Gasteiger partial charge is 1.00 e. The molecule has 4 aliphatic carbocycles. The molecule has 0 N–H and O–H groups in total. The topological polar surface area (TPSA) is 0 Å². The monoisotopic (exact) mass is 1740 g/mol. The molecule has 0 saturated heterocycles. The molecule has 0 radical (unpaired) electrons. The van der Waals surface area contributed by atoms with E-state index >= 15 is 0 Å². The molecule has 0 aliphatic heterocycles. The van der Waals surface area contributed by atoms with Crippen LogP contribution < -0.4 is 24.8 Å². The van der Waals surface area contributed by atoms with E-state index < -0.39 is 0 Å². The van der Waals surface area contributed by atoms with Gasteiger partial charge in [-0.25, -0.2) is 11.1 Å². The Morgan fingerprint density at radius 1 is 0.288 bits per heavy atom. The van der Waals surface area contributed by atoms with Gasteiger partial charge in [-0.15, -0.1) is 71.5 Å². The summed E-state index contributed by atoms with van der Waals surface area (Å²) >= 11 is 2.93. The molecular weight excluding hydrogens is 1620 g/mol. The van der Waals surface area contributed by atoms with Crippen molar-refractivity contribution in [3.8, 4) is 66.8 Å². The van der Waals surface area contributed by atoms with Gasteiger partial charge in [-0.05, 0) is 79.0 Å². The summed E-state index contributed by atoms with van der Waals surface area (Å²) in [6.45, 7) is 53.6. The second kappa shape index (κ2) is 39.9. The van der Waals surface area contributed by atoms with E-state index in [9.17, 15) is 0 Å². The first-order valence-corrected chi connectivity index (χ1v) is 44.1. The summed E-state index contributed by atoms with van der Waals surface area (Å²) in [6.07, 6.45) is 8.60. The van der Waals surface area contributed by atoms with Crippen molar-refractivity contribution in [3.05, 3.63) is 402 Å². The van der Waals surface area contributed by atoms with Crippen molar-refractivity contribution in [2.24, 2.45) is 11.8 Å². The Bertz CT molecular complexity index is 4980. The maximum absolute atomic E-state index is 3.88. The van der Waals surface area contributed by atoms with Gasteiger partial charge < -0.3 is 24.8 Å². The van der Waals surface area contributed by atoms with Crippen LogP contribution in [0.1, 0.15) is 227 Å². The van der Waals surface area contributed by atoms with Crippen molar-refractivity contribution in [2.75, 3.05) is 0 Å². The summed E-state index contributed by atoms with van der Waals surface area (Å²) in [6, 6.07) is 101. The van der Waals surface area contributed by atoms with Gasteiger partial charge in [-0.1, -0.05) is 315 Å². The number of allylic oxidation sites excluding steroid dienone is 8. The van der Waals surface area contributed by atoms with Gasteiger partial charge in [0.2, 0.25) is 0 Å². The van der Waals surface area contributed by atoms with E-state index in [0.717, 1.165) is 12.8 Å². The zero-order valence-corrected chi connectivity index (χ0v) is 81.0. The molecule has 0 bridgehead atoms. The molecular formula is C114H120Cl2Zr2-2.